The molecule has 0 radical (unpaired) electrons. The molecule has 3 aromatic rings. The zero-order valence-electron chi connectivity index (χ0n) is 10.7. The van der Waals surface area contributed by atoms with E-state index in [1.54, 1.807) is 0 Å². The lowest BCUT2D eigenvalue weighted by Gasteiger charge is -2.06. The Morgan fingerprint density at radius 3 is 1.83 bits per heavy atom. The van der Waals surface area contributed by atoms with Crippen molar-refractivity contribution in [3.05, 3.63) is 60.2 Å². The van der Waals surface area contributed by atoms with Crippen LogP contribution in [-0.2, 0) is 0 Å². The van der Waals surface area contributed by atoms with Gasteiger partial charge >= 0.3 is 0 Å². The molecule has 0 aliphatic heterocycles. The van der Waals surface area contributed by atoms with Gasteiger partial charge in [-0.25, -0.2) is 0 Å². The number of hydrogen-bond donors (Lipinski definition) is 0. The molecular weight excluding hydrogens is 216 g/mol. The average molecular weight is 238 g/mol. The smallest absolute Gasteiger partial charge is 0.0103 e. The fourth-order valence-corrected chi connectivity index (χ4v) is 2.24. The minimum absolute atomic E-state index is 0. The molecule has 94 valence electrons. The van der Waals surface area contributed by atoms with Crippen molar-refractivity contribution in [3.8, 4) is 0 Å². The van der Waals surface area contributed by atoms with Crippen LogP contribution in [0.25, 0.3) is 21.5 Å². The van der Waals surface area contributed by atoms with E-state index in [0.717, 1.165) is 0 Å². The van der Waals surface area contributed by atoms with E-state index in [2.05, 4.69) is 61.5 Å². The lowest BCUT2D eigenvalue weighted by Crippen LogP contribution is -1.81. The molecule has 0 aliphatic rings. The number of fused-ring (bicyclic) bond motifs is 3. The van der Waals surface area contributed by atoms with Crippen LogP contribution in [0.1, 0.15) is 26.8 Å². The predicted molar refractivity (Wildman–Crippen MR) is 84.3 cm³/mol. The third kappa shape index (κ3) is 2.38. The zero-order chi connectivity index (χ0) is 12.3. The van der Waals surface area contributed by atoms with E-state index >= 15 is 0 Å². The fraction of sp³-hybridized carbons (Fsp3) is 0.222. The summed E-state index contributed by atoms with van der Waals surface area (Å²) in [7, 11) is 0. The van der Waals surface area contributed by atoms with Crippen molar-refractivity contribution in [2.75, 3.05) is 0 Å². The first-order valence-corrected chi connectivity index (χ1v) is 6.23. The van der Waals surface area contributed by atoms with Crippen molar-refractivity contribution in [3.63, 3.8) is 0 Å². The minimum Gasteiger partial charge on any atom is -0.0776 e. The van der Waals surface area contributed by atoms with E-state index in [1.807, 2.05) is 13.8 Å². The third-order valence-electron chi connectivity index (χ3n) is 2.97. The molecule has 0 nitrogen and oxygen atoms in total. The standard InChI is InChI=1S/C15H12.C2H6.CH4/c1-11-10-12-6-2-3-8-14(12)15-9-5-4-7-13(11)15;1-2;/h2-10H,1H3;1-2H3;1H4. The highest BCUT2D eigenvalue weighted by atomic mass is 14.1. The molecule has 0 saturated carbocycles. The van der Waals surface area contributed by atoms with Crippen LogP contribution in [0.2, 0.25) is 0 Å². The van der Waals surface area contributed by atoms with E-state index < -0.39 is 0 Å². The molecule has 0 fully saturated rings. The van der Waals surface area contributed by atoms with Crippen LogP contribution in [-0.4, -0.2) is 0 Å². The number of hydrogen-bond acceptors (Lipinski definition) is 0. The predicted octanol–water partition coefficient (Wildman–Crippen LogP) is 5.96. The van der Waals surface area contributed by atoms with Gasteiger partial charge < -0.3 is 0 Å². The number of benzene rings is 3. The highest BCUT2D eigenvalue weighted by Crippen LogP contribution is 2.27. The van der Waals surface area contributed by atoms with Crippen LogP contribution in [0.4, 0.5) is 0 Å². The second-order valence-electron chi connectivity index (χ2n) is 3.96. The lowest BCUT2D eigenvalue weighted by molar-refractivity contribution is 1.50. The van der Waals surface area contributed by atoms with Crippen LogP contribution in [0.3, 0.4) is 0 Å². The van der Waals surface area contributed by atoms with Gasteiger partial charge in [0.15, 0.2) is 0 Å². The molecule has 0 N–H and O–H groups in total. The third-order valence-corrected chi connectivity index (χ3v) is 2.97. The molecule has 0 bridgehead atoms. The molecule has 0 heteroatoms. The van der Waals surface area contributed by atoms with Crippen molar-refractivity contribution in [1.29, 1.82) is 0 Å². The summed E-state index contributed by atoms with van der Waals surface area (Å²) in [5.74, 6) is 0. The van der Waals surface area contributed by atoms with Gasteiger partial charge in [-0.2, -0.15) is 0 Å². The van der Waals surface area contributed by atoms with Crippen LogP contribution in [0.15, 0.2) is 54.6 Å². The van der Waals surface area contributed by atoms with Gasteiger partial charge in [-0.05, 0) is 34.0 Å². The van der Waals surface area contributed by atoms with Gasteiger partial charge in [0, 0.05) is 0 Å². The van der Waals surface area contributed by atoms with Gasteiger partial charge in [-0.3, -0.25) is 0 Å². The Labute approximate surface area is 110 Å². The van der Waals surface area contributed by atoms with Crippen LogP contribution in [0, 0.1) is 6.92 Å². The summed E-state index contributed by atoms with van der Waals surface area (Å²) in [6, 6.07) is 19.4. The molecule has 0 aromatic heterocycles. The molecule has 0 unspecified atom stereocenters. The Hall–Kier alpha value is -1.82. The van der Waals surface area contributed by atoms with E-state index in [9.17, 15) is 0 Å². The normalized spacial score (nSPS) is 9.50. The summed E-state index contributed by atoms with van der Waals surface area (Å²) in [6.07, 6.45) is 0. The molecule has 3 aromatic carbocycles. The Bertz CT molecular complexity index is 636. The van der Waals surface area contributed by atoms with Crippen molar-refractivity contribution in [1.82, 2.24) is 0 Å². The van der Waals surface area contributed by atoms with Crippen LogP contribution in [0.5, 0.6) is 0 Å². The van der Waals surface area contributed by atoms with Crippen molar-refractivity contribution in [2.45, 2.75) is 28.2 Å². The van der Waals surface area contributed by atoms with Gasteiger partial charge in [0.2, 0.25) is 0 Å². The van der Waals surface area contributed by atoms with Gasteiger partial charge in [0.05, 0.1) is 0 Å². The Kier molecular flexibility index (Phi) is 4.91. The zero-order valence-corrected chi connectivity index (χ0v) is 10.7. The number of aryl methyl sites for hydroxylation is 1. The molecule has 0 aliphatic carbocycles. The van der Waals surface area contributed by atoms with E-state index in [0.29, 0.717) is 0 Å². The lowest BCUT2D eigenvalue weighted by atomic mass is 9.98. The average Bonchev–Trinajstić information content (AvgIpc) is 2.42. The summed E-state index contributed by atoms with van der Waals surface area (Å²) in [5, 5.41) is 5.39. The molecular formula is C18H22. The maximum atomic E-state index is 2.26. The molecule has 0 saturated heterocycles. The van der Waals surface area contributed by atoms with Gasteiger partial charge in [-0.1, -0.05) is 75.9 Å². The van der Waals surface area contributed by atoms with E-state index in [4.69, 9.17) is 0 Å². The Balaban J connectivity index is 0.000000516. The van der Waals surface area contributed by atoms with Crippen molar-refractivity contribution >= 4 is 21.5 Å². The monoisotopic (exact) mass is 238 g/mol. The van der Waals surface area contributed by atoms with Crippen LogP contribution >= 0.6 is 0 Å². The first-order chi connectivity index (χ1) is 8.36. The van der Waals surface area contributed by atoms with Crippen molar-refractivity contribution < 1.29 is 0 Å². The Morgan fingerprint density at radius 1 is 0.667 bits per heavy atom. The maximum absolute atomic E-state index is 2.26. The topological polar surface area (TPSA) is 0 Å². The summed E-state index contributed by atoms with van der Waals surface area (Å²) in [5.41, 5.74) is 1.35. The second-order valence-corrected chi connectivity index (χ2v) is 3.96. The highest BCUT2D eigenvalue weighted by Gasteiger charge is 2.01. The first kappa shape index (κ1) is 14.2. The summed E-state index contributed by atoms with van der Waals surface area (Å²) >= 11 is 0. The van der Waals surface area contributed by atoms with Gasteiger partial charge in [-0.15, -0.1) is 0 Å². The second kappa shape index (κ2) is 6.20. The van der Waals surface area contributed by atoms with Gasteiger partial charge in [0.25, 0.3) is 0 Å². The molecule has 0 heterocycles. The molecule has 0 atom stereocenters. The number of rotatable bonds is 0. The summed E-state index contributed by atoms with van der Waals surface area (Å²) in [4.78, 5) is 0. The van der Waals surface area contributed by atoms with Crippen LogP contribution < -0.4 is 0 Å². The summed E-state index contributed by atoms with van der Waals surface area (Å²) in [6.45, 7) is 6.18. The summed E-state index contributed by atoms with van der Waals surface area (Å²) < 4.78 is 0. The highest BCUT2D eigenvalue weighted by molar-refractivity contribution is 6.08. The fourth-order valence-electron chi connectivity index (χ4n) is 2.24. The minimum atomic E-state index is 0. The maximum Gasteiger partial charge on any atom is -0.0103 e. The van der Waals surface area contributed by atoms with Crippen molar-refractivity contribution in [2.24, 2.45) is 0 Å². The molecule has 3 rings (SSSR count). The molecule has 18 heavy (non-hydrogen) atoms. The molecule has 0 spiro atoms. The Morgan fingerprint density at radius 2 is 1.17 bits per heavy atom. The SMILES string of the molecule is C.CC.Cc1cc2ccccc2c2ccccc12. The van der Waals surface area contributed by atoms with E-state index in [1.165, 1.54) is 27.1 Å². The largest absolute Gasteiger partial charge is 0.0776 e. The van der Waals surface area contributed by atoms with E-state index in [-0.39, 0.29) is 7.43 Å². The quantitative estimate of drug-likeness (QED) is 0.424. The first-order valence-electron chi connectivity index (χ1n) is 6.23. The molecule has 0 amide bonds. The van der Waals surface area contributed by atoms with Gasteiger partial charge in [0.1, 0.15) is 0 Å².